The Morgan fingerprint density at radius 3 is 2.58 bits per heavy atom. The molecule has 7 nitrogen and oxygen atoms in total. The van der Waals surface area contributed by atoms with Crippen molar-refractivity contribution < 1.29 is 17.9 Å². The van der Waals surface area contributed by atoms with Gasteiger partial charge in [-0.15, -0.1) is 0 Å². The number of halogens is 1. The number of sulfonamides is 1. The number of imidazole rings is 1. The Morgan fingerprint density at radius 1 is 1.53 bits per heavy atom. The first-order chi connectivity index (χ1) is 8.84. The third-order valence-electron chi connectivity index (χ3n) is 2.38. The van der Waals surface area contributed by atoms with Crippen LogP contribution in [0.2, 0.25) is 5.15 Å². The van der Waals surface area contributed by atoms with Gasteiger partial charge in [-0.3, -0.25) is 4.79 Å². The van der Waals surface area contributed by atoms with E-state index in [0.29, 0.717) is 0 Å². The molecule has 0 atom stereocenters. The van der Waals surface area contributed by atoms with E-state index in [1.807, 2.05) is 0 Å². The minimum atomic E-state index is -3.91. The van der Waals surface area contributed by atoms with Crippen LogP contribution in [0.15, 0.2) is 11.4 Å². The van der Waals surface area contributed by atoms with Gasteiger partial charge in [-0.25, -0.2) is 13.4 Å². The number of aryl methyl sites for hydroxylation is 1. The van der Waals surface area contributed by atoms with Crippen molar-refractivity contribution in [2.45, 2.75) is 18.9 Å². The molecule has 0 aromatic carbocycles. The summed E-state index contributed by atoms with van der Waals surface area (Å²) in [5, 5.41) is -0.259. The first kappa shape index (κ1) is 15.9. The molecule has 1 aromatic heterocycles. The van der Waals surface area contributed by atoms with E-state index < -0.39 is 16.0 Å². The third kappa shape index (κ3) is 3.46. The van der Waals surface area contributed by atoms with Gasteiger partial charge in [0.25, 0.3) is 10.0 Å². The van der Waals surface area contributed by atoms with Crippen LogP contribution in [0, 0.1) is 0 Å². The second-order valence-corrected chi connectivity index (χ2v) is 5.90. The molecule has 0 spiro atoms. The number of ether oxygens (including phenoxy) is 1. The number of esters is 1. The van der Waals surface area contributed by atoms with Gasteiger partial charge in [0.2, 0.25) is 5.03 Å². The Kier molecular flexibility index (Phi) is 5.33. The highest BCUT2D eigenvalue weighted by Gasteiger charge is 2.30. The average Bonchev–Trinajstić information content (AvgIpc) is 2.67. The fourth-order valence-corrected chi connectivity index (χ4v) is 3.19. The maximum atomic E-state index is 12.3. The van der Waals surface area contributed by atoms with Crippen LogP contribution in [0.5, 0.6) is 0 Å². The molecule has 0 aliphatic carbocycles. The van der Waals surface area contributed by atoms with Gasteiger partial charge in [-0.05, 0) is 6.92 Å². The molecule has 108 valence electrons. The number of carbonyl (C=O) groups is 1. The summed E-state index contributed by atoms with van der Waals surface area (Å²) in [4.78, 5) is 15.2. The minimum absolute atomic E-state index is 0.00214. The molecule has 0 unspecified atom stereocenters. The lowest BCUT2D eigenvalue weighted by atomic mass is 10.6. The van der Waals surface area contributed by atoms with Gasteiger partial charge < -0.3 is 9.30 Å². The van der Waals surface area contributed by atoms with Crippen molar-refractivity contribution in [2.24, 2.45) is 7.05 Å². The number of carbonyl (C=O) groups excluding carboxylic acids is 1. The second-order valence-electron chi connectivity index (χ2n) is 3.69. The van der Waals surface area contributed by atoms with Crippen molar-refractivity contribution in [1.29, 1.82) is 0 Å². The van der Waals surface area contributed by atoms with E-state index in [4.69, 9.17) is 16.3 Å². The molecule has 0 aliphatic rings. The third-order valence-corrected chi connectivity index (χ3v) is 4.79. The van der Waals surface area contributed by atoms with Gasteiger partial charge in [0.15, 0.2) is 0 Å². The molecule has 0 amide bonds. The second kappa shape index (κ2) is 6.36. The molecule has 0 saturated heterocycles. The van der Waals surface area contributed by atoms with Crippen LogP contribution in [-0.2, 0) is 26.6 Å². The van der Waals surface area contributed by atoms with Gasteiger partial charge >= 0.3 is 5.97 Å². The Balaban J connectivity index is 3.03. The summed E-state index contributed by atoms with van der Waals surface area (Å²) < 4.78 is 31.7. The van der Waals surface area contributed by atoms with E-state index in [1.54, 1.807) is 20.9 Å². The summed E-state index contributed by atoms with van der Waals surface area (Å²) in [5.41, 5.74) is 0. The highest BCUT2D eigenvalue weighted by atomic mass is 35.5. The normalized spacial score (nSPS) is 11.8. The van der Waals surface area contributed by atoms with E-state index in [9.17, 15) is 13.2 Å². The molecule has 0 saturated carbocycles. The van der Waals surface area contributed by atoms with Gasteiger partial charge in [-0.1, -0.05) is 18.5 Å². The van der Waals surface area contributed by atoms with Crippen molar-refractivity contribution >= 4 is 27.6 Å². The molecule has 0 N–H and O–H groups in total. The monoisotopic (exact) mass is 309 g/mol. The number of aromatic nitrogens is 2. The van der Waals surface area contributed by atoms with Crippen molar-refractivity contribution in [2.75, 3.05) is 19.7 Å². The number of nitrogens with zero attached hydrogens (tertiary/aromatic N) is 3. The molecule has 19 heavy (non-hydrogen) atoms. The van der Waals surface area contributed by atoms with Crippen molar-refractivity contribution in [1.82, 2.24) is 13.9 Å². The van der Waals surface area contributed by atoms with Crippen molar-refractivity contribution in [3.8, 4) is 0 Å². The topological polar surface area (TPSA) is 81.5 Å². The first-order valence-corrected chi connectivity index (χ1v) is 7.49. The average molecular weight is 310 g/mol. The highest BCUT2D eigenvalue weighted by molar-refractivity contribution is 7.89. The molecule has 0 aliphatic heterocycles. The molecule has 1 rings (SSSR count). The summed E-state index contributed by atoms with van der Waals surface area (Å²) in [6, 6.07) is 0. The van der Waals surface area contributed by atoms with Crippen molar-refractivity contribution in [3.05, 3.63) is 11.5 Å². The smallest absolute Gasteiger partial charge is 0.321 e. The summed E-state index contributed by atoms with van der Waals surface area (Å²) >= 11 is 5.87. The number of hydrogen-bond acceptors (Lipinski definition) is 5. The quantitative estimate of drug-likeness (QED) is 0.721. The van der Waals surface area contributed by atoms with Crippen LogP contribution in [-0.4, -0.2) is 47.9 Å². The van der Waals surface area contributed by atoms with Gasteiger partial charge in [0.05, 0.1) is 12.9 Å². The highest BCUT2D eigenvalue weighted by Crippen LogP contribution is 2.22. The molecule has 0 fully saturated rings. The van der Waals surface area contributed by atoms with E-state index in [-0.39, 0.29) is 29.9 Å². The standard InChI is InChI=1S/C10H16ClN3O4S/c1-4-14(6-8(15)18-5-2)19(16,17)10-9(11)13(3)7-12-10/h7H,4-6H2,1-3H3. The maximum absolute atomic E-state index is 12.3. The fourth-order valence-electron chi connectivity index (χ4n) is 1.41. The molecular formula is C10H16ClN3O4S. The summed E-state index contributed by atoms with van der Waals surface area (Å²) in [5.74, 6) is -0.611. The number of likely N-dealkylation sites (N-methyl/N-ethyl adjacent to an activating group) is 1. The van der Waals surface area contributed by atoms with E-state index in [0.717, 1.165) is 4.31 Å². The molecule has 9 heteroatoms. The van der Waals surface area contributed by atoms with Crippen molar-refractivity contribution in [3.63, 3.8) is 0 Å². The predicted molar refractivity (Wildman–Crippen MR) is 69.3 cm³/mol. The van der Waals surface area contributed by atoms with Crippen LogP contribution in [0.3, 0.4) is 0 Å². The predicted octanol–water partition coefficient (Wildman–Crippen LogP) is 0.647. The fraction of sp³-hybridized carbons (Fsp3) is 0.600. The Labute approximate surface area is 117 Å². The van der Waals surface area contributed by atoms with Crippen LogP contribution < -0.4 is 0 Å². The largest absolute Gasteiger partial charge is 0.465 e. The zero-order valence-electron chi connectivity index (χ0n) is 11.0. The Morgan fingerprint density at radius 2 is 2.16 bits per heavy atom. The van der Waals surface area contributed by atoms with Crippen LogP contribution in [0.4, 0.5) is 0 Å². The summed E-state index contributed by atoms with van der Waals surface area (Å²) in [6.45, 7) is 3.22. The zero-order chi connectivity index (χ0) is 14.6. The van der Waals surface area contributed by atoms with E-state index >= 15 is 0 Å². The lowest BCUT2D eigenvalue weighted by molar-refractivity contribution is -0.143. The molecule has 1 heterocycles. The number of hydrogen-bond donors (Lipinski definition) is 0. The van der Waals surface area contributed by atoms with Gasteiger partial charge in [0, 0.05) is 13.6 Å². The van der Waals surface area contributed by atoms with E-state index in [1.165, 1.54) is 10.9 Å². The van der Waals surface area contributed by atoms with E-state index in [2.05, 4.69) is 4.98 Å². The molecule has 1 aromatic rings. The Bertz CT molecular complexity index is 555. The molecule has 0 bridgehead atoms. The Hall–Kier alpha value is -1.12. The van der Waals surface area contributed by atoms with Crippen LogP contribution in [0.25, 0.3) is 0 Å². The van der Waals surface area contributed by atoms with Gasteiger partial charge in [-0.2, -0.15) is 4.31 Å². The van der Waals surface area contributed by atoms with Crippen LogP contribution in [0.1, 0.15) is 13.8 Å². The lowest BCUT2D eigenvalue weighted by Crippen LogP contribution is -2.36. The number of rotatable bonds is 6. The summed E-state index contributed by atoms with van der Waals surface area (Å²) in [7, 11) is -2.33. The van der Waals surface area contributed by atoms with Crippen LogP contribution >= 0.6 is 11.6 Å². The maximum Gasteiger partial charge on any atom is 0.321 e. The molecular weight excluding hydrogens is 294 g/mol. The zero-order valence-corrected chi connectivity index (χ0v) is 12.5. The van der Waals surface area contributed by atoms with Gasteiger partial charge in [0.1, 0.15) is 11.7 Å². The molecule has 0 radical (unpaired) electrons. The SMILES string of the molecule is CCOC(=O)CN(CC)S(=O)(=O)c1ncn(C)c1Cl. The first-order valence-electron chi connectivity index (χ1n) is 5.67. The lowest BCUT2D eigenvalue weighted by Gasteiger charge is -2.18. The summed E-state index contributed by atoms with van der Waals surface area (Å²) in [6.07, 6.45) is 1.30. The minimum Gasteiger partial charge on any atom is -0.465 e.